The zero-order valence-corrected chi connectivity index (χ0v) is 10.2. The van der Waals surface area contributed by atoms with Gasteiger partial charge in [-0.05, 0) is 25.5 Å². The molecule has 0 saturated carbocycles. The van der Waals surface area contributed by atoms with Crippen molar-refractivity contribution in [2.75, 3.05) is 13.7 Å². The number of nitrogens with two attached hydrogens (primary N) is 1. The summed E-state index contributed by atoms with van der Waals surface area (Å²) in [6.07, 6.45) is 0.863. The summed E-state index contributed by atoms with van der Waals surface area (Å²) in [6.45, 7) is 2.71. The van der Waals surface area contributed by atoms with Crippen molar-refractivity contribution in [3.05, 3.63) is 29.8 Å². The zero-order valence-electron chi connectivity index (χ0n) is 10.2. The van der Waals surface area contributed by atoms with Gasteiger partial charge in [-0.15, -0.1) is 0 Å². The fourth-order valence-corrected chi connectivity index (χ4v) is 2.23. The molecular weight excluding hydrogens is 216 g/mol. The van der Waals surface area contributed by atoms with Gasteiger partial charge >= 0.3 is 0 Å². The van der Waals surface area contributed by atoms with E-state index < -0.39 is 0 Å². The highest BCUT2D eigenvalue weighted by atomic mass is 16.5. The van der Waals surface area contributed by atoms with E-state index in [1.165, 1.54) is 0 Å². The van der Waals surface area contributed by atoms with Crippen LogP contribution in [0.25, 0.3) is 0 Å². The van der Waals surface area contributed by atoms with Crippen molar-refractivity contribution in [1.29, 1.82) is 0 Å². The summed E-state index contributed by atoms with van der Waals surface area (Å²) in [5.74, 6) is 0.619. The van der Waals surface area contributed by atoms with Gasteiger partial charge < -0.3 is 15.4 Å². The molecule has 0 aliphatic carbocycles. The molecule has 2 unspecified atom stereocenters. The lowest BCUT2D eigenvalue weighted by atomic mass is 10.1. The minimum absolute atomic E-state index is 0.00269. The number of hydrogen-bond acceptors (Lipinski definition) is 3. The lowest BCUT2D eigenvalue weighted by Gasteiger charge is -2.24. The predicted octanol–water partition coefficient (Wildman–Crippen LogP) is 1.26. The lowest BCUT2D eigenvalue weighted by Crippen LogP contribution is -2.40. The molecule has 0 aromatic heterocycles. The second-order valence-electron chi connectivity index (χ2n) is 4.39. The second kappa shape index (κ2) is 4.75. The first-order valence-electron chi connectivity index (χ1n) is 5.84. The number of para-hydroxylation sites is 1. The van der Waals surface area contributed by atoms with E-state index in [9.17, 15) is 4.79 Å². The van der Waals surface area contributed by atoms with E-state index in [4.69, 9.17) is 10.5 Å². The van der Waals surface area contributed by atoms with Crippen LogP contribution in [0.5, 0.6) is 5.75 Å². The number of amides is 1. The number of carbonyl (C=O) groups is 1. The molecule has 0 bridgehead atoms. The smallest absolute Gasteiger partial charge is 0.257 e. The fourth-order valence-electron chi connectivity index (χ4n) is 2.23. The Morgan fingerprint density at radius 3 is 2.76 bits per heavy atom. The quantitative estimate of drug-likeness (QED) is 0.838. The molecule has 1 aromatic rings. The van der Waals surface area contributed by atoms with Gasteiger partial charge in [0.05, 0.1) is 12.7 Å². The molecule has 1 saturated heterocycles. The van der Waals surface area contributed by atoms with Gasteiger partial charge in [0.25, 0.3) is 5.91 Å². The van der Waals surface area contributed by atoms with Crippen molar-refractivity contribution >= 4 is 5.91 Å². The summed E-state index contributed by atoms with van der Waals surface area (Å²) < 4.78 is 5.21. The van der Waals surface area contributed by atoms with Gasteiger partial charge in [-0.3, -0.25) is 4.79 Å². The summed E-state index contributed by atoms with van der Waals surface area (Å²) >= 11 is 0. The van der Waals surface area contributed by atoms with Crippen LogP contribution in [0.2, 0.25) is 0 Å². The maximum absolute atomic E-state index is 12.4. The molecule has 1 fully saturated rings. The number of hydrogen-bond donors (Lipinski definition) is 1. The number of likely N-dealkylation sites (tertiary alicyclic amines) is 1. The van der Waals surface area contributed by atoms with Gasteiger partial charge in [0, 0.05) is 18.6 Å². The number of carbonyl (C=O) groups excluding carboxylic acids is 1. The van der Waals surface area contributed by atoms with Crippen molar-refractivity contribution in [2.45, 2.75) is 25.4 Å². The largest absolute Gasteiger partial charge is 0.496 e. The van der Waals surface area contributed by atoms with Gasteiger partial charge in [0.15, 0.2) is 0 Å². The minimum atomic E-state index is 0.00269. The summed E-state index contributed by atoms with van der Waals surface area (Å²) in [6, 6.07) is 7.46. The van der Waals surface area contributed by atoms with E-state index >= 15 is 0 Å². The Morgan fingerprint density at radius 1 is 1.47 bits per heavy atom. The highest BCUT2D eigenvalue weighted by Crippen LogP contribution is 2.24. The van der Waals surface area contributed by atoms with Crippen molar-refractivity contribution in [3.63, 3.8) is 0 Å². The average molecular weight is 234 g/mol. The maximum atomic E-state index is 12.4. The summed E-state index contributed by atoms with van der Waals surface area (Å²) in [4.78, 5) is 14.2. The Labute approximate surface area is 101 Å². The number of nitrogens with zero attached hydrogens (tertiary/aromatic N) is 1. The molecule has 1 aliphatic rings. The maximum Gasteiger partial charge on any atom is 0.257 e. The molecular formula is C13H18N2O2. The minimum Gasteiger partial charge on any atom is -0.496 e. The first-order chi connectivity index (χ1) is 8.15. The van der Waals surface area contributed by atoms with Crippen LogP contribution in [0, 0.1) is 0 Å². The molecule has 0 spiro atoms. The molecule has 1 aliphatic heterocycles. The molecule has 1 aromatic carbocycles. The standard InChI is InChI=1S/C13H18N2O2/c1-9-11(14)7-8-15(9)13(16)10-5-3-4-6-12(10)17-2/h3-6,9,11H,7-8,14H2,1-2H3. The van der Waals surface area contributed by atoms with Gasteiger partial charge in [-0.25, -0.2) is 0 Å². The zero-order chi connectivity index (χ0) is 12.4. The molecule has 2 N–H and O–H groups in total. The van der Waals surface area contributed by atoms with Crippen molar-refractivity contribution in [2.24, 2.45) is 5.73 Å². The number of benzene rings is 1. The molecule has 1 amide bonds. The normalized spacial score (nSPS) is 23.8. The van der Waals surface area contributed by atoms with E-state index in [1.54, 1.807) is 19.2 Å². The number of rotatable bonds is 2. The second-order valence-corrected chi connectivity index (χ2v) is 4.39. The molecule has 4 nitrogen and oxygen atoms in total. The van der Waals surface area contributed by atoms with Crippen LogP contribution in [-0.4, -0.2) is 36.5 Å². The molecule has 17 heavy (non-hydrogen) atoms. The molecule has 2 rings (SSSR count). The third-order valence-electron chi connectivity index (χ3n) is 3.41. The van der Waals surface area contributed by atoms with E-state index in [0.29, 0.717) is 11.3 Å². The van der Waals surface area contributed by atoms with Crippen molar-refractivity contribution in [1.82, 2.24) is 4.90 Å². The Morgan fingerprint density at radius 2 is 2.18 bits per heavy atom. The third kappa shape index (κ3) is 2.13. The number of methoxy groups -OCH3 is 1. The van der Waals surface area contributed by atoms with Gasteiger partial charge in [0.2, 0.25) is 0 Å². The average Bonchev–Trinajstić information content (AvgIpc) is 2.69. The lowest BCUT2D eigenvalue weighted by molar-refractivity contribution is 0.0739. The summed E-state index contributed by atoms with van der Waals surface area (Å²) in [5.41, 5.74) is 6.54. The van der Waals surface area contributed by atoms with Crippen molar-refractivity contribution in [3.8, 4) is 5.75 Å². The fraction of sp³-hybridized carbons (Fsp3) is 0.462. The van der Waals surface area contributed by atoms with Gasteiger partial charge in [-0.1, -0.05) is 12.1 Å². The Bertz CT molecular complexity index is 420. The number of ether oxygens (including phenoxy) is 1. The van der Waals surface area contributed by atoms with Crippen LogP contribution in [0.4, 0.5) is 0 Å². The Kier molecular flexibility index (Phi) is 3.33. The van der Waals surface area contributed by atoms with E-state index in [-0.39, 0.29) is 18.0 Å². The molecule has 1 heterocycles. The summed E-state index contributed by atoms with van der Waals surface area (Å²) in [5, 5.41) is 0. The Hall–Kier alpha value is -1.55. The van der Waals surface area contributed by atoms with Gasteiger partial charge in [0.1, 0.15) is 5.75 Å². The third-order valence-corrected chi connectivity index (χ3v) is 3.41. The first kappa shape index (κ1) is 11.9. The monoisotopic (exact) mass is 234 g/mol. The highest BCUT2D eigenvalue weighted by molar-refractivity contribution is 5.97. The molecule has 92 valence electrons. The van der Waals surface area contributed by atoms with Gasteiger partial charge in [-0.2, -0.15) is 0 Å². The molecule has 0 radical (unpaired) electrons. The van der Waals surface area contributed by atoms with E-state index in [1.807, 2.05) is 24.0 Å². The van der Waals surface area contributed by atoms with Crippen LogP contribution in [0.15, 0.2) is 24.3 Å². The van der Waals surface area contributed by atoms with Crippen LogP contribution >= 0.6 is 0 Å². The SMILES string of the molecule is COc1ccccc1C(=O)N1CCC(N)C1C. The topological polar surface area (TPSA) is 55.6 Å². The Balaban J connectivity index is 2.25. The predicted molar refractivity (Wildman–Crippen MR) is 66.1 cm³/mol. The van der Waals surface area contributed by atoms with E-state index in [2.05, 4.69) is 0 Å². The first-order valence-corrected chi connectivity index (χ1v) is 5.84. The van der Waals surface area contributed by atoms with Crippen LogP contribution in [-0.2, 0) is 0 Å². The van der Waals surface area contributed by atoms with Crippen LogP contribution in [0.3, 0.4) is 0 Å². The summed E-state index contributed by atoms with van der Waals surface area (Å²) in [7, 11) is 1.57. The van der Waals surface area contributed by atoms with Crippen LogP contribution in [0.1, 0.15) is 23.7 Å². The van der Waals surface area contributed by atoms with Crippen LogP contribution < -0.4 is 10.5 Å². The highest BCUT2D eigenvalue weighted by Gasteiger charge is 2.32. The van der Waals surface area contributed by atoms with Crippen molar-refractivity contribution < 1.29 is 9.53 Å². The molecule has 4 heteroatoms. The molecule has 2 atom stereocenters. The van der Waals surface area contributed by atoms with E-state index in [0.717, 1.165) is 13.0 Å².